The molecule has 52 valence electrons. The fraction of sp³-hybridized carbons (Fsp3) is 0.286. The topological polar surface area (TPSA) is 12.9 Å². The maximum Gasteiger partial charge on any atom is 0.151 e. The third-order valence-electron chi connectivity index (χ3n) is 0.877. The first-order chi connectivity index (χ1) is 4.83. The largest absolute Gasteiger partial charge is 0.235 e. The summed E-state index contributed by atoms with van der Waals surface area (Å²) in [5.74, 6) is 3.27. The highest BCUT2D eigenvalue weighted by Gasteiger charge is 1.95. The van der Waals surface area contributed by atoms with E-state index in [4.69, 9.17) is 6.42 Å². The molecular weight excluding hydrogens is 162 g/mol. The molecule has 0 saturated carbocycles. The molecule has 3 heteroatoms. The number of rotatable bonds is 2. The molecule has 0 bridgehead atoms. The van der Waals surface area contributed by atoms with Gasteiger partial charge in [0, 0.05) is 11.1 Å². The van der Waals surface area contributed by atoms with Crippen LogP contribution in [0.1, 0.15) is 5.69 Å². The Balaban J connectivity index is 2.52. The minimum atomic E-state index is 0.715. The van der Waals surface area contributed by atoms with Crippen LogP contribution in [0.25, 0.3) is 0 Å². The number of hydrogen-bond donors (Lipinski definition) is 0. The zero-order chi connectivity index (χ0) is 7.40. The van der Waals surface area contributed by atoms with Crippen molar-refractivity contribution in [3.63, 3.8) is 0 Å². The molecule has 0 radical (unpaired) electrons. The SMILES string of the molecule is C#CCSc1nc(C)cs1. The van der Waals surface area contributed by atoms with Crippen molar-refractivity contribution in [3.8, 4) is 12.3 Å². The molecule has 0 unspecified atom stereocenters. The monoisotopic (exact) mass is 169 g/mol. The maximum absolute atomic E-state index is 5.09. The molecule has 0 aliphatic heterocycles. The van der Waals surface area contributed by atoms with Gasteiger partial charge in [-0.05, 0) is 6.92 Å². The smallest absolute Gasteiger partial charge is 0.151 e. The quantitative estimate of drug-likeness (QED) is 0.497. The van der Waals surface area contributed by atoms with Gasteiger partial charge in [-0.25, -0.2) is 4.98 Å². The van der Waals surface area contributed by atoms with Gasteiger partial charge >= 0.3 is 0 Å². The molecule has 0 aliphatic carbocycles. The standard InChI is InChI=1S/C7H7NS2/c1-3-4-9-7-8-6(2)5-10-7/h1,5H,4H2,2H3. The van der Waals surface area contributed by atoms with E-state index in [9.17, 15) is 0 Å². The molecule has 0 saturated heterocycles. The number of aromatic nitrogens is 1. The second kappa shape index (κ2) is 3.65. The average Bonchev–Trinajstić information content (AvgIpc) is 2.31. The van der Waals surface area contributed by atoms with Crippen LogP contribution in [-0.4, -0.2) is 10.7 Å². The Morgan fingerprint density at radius 3 is 3.20 bits per heavy atom. The van der Waals surface area contributed by atoms with E-state index in [1.54, 1.807) is 23.1 Å². The minimum Gasteiger partial charge on any atom is -0.235 e. The molecule has 0 atom stereocenters. The Hall–Kier alpha value is -0.460. The van der Waals surface area contributed by atoms with Gasteiger partial charge in [0.05, 0.1) is 5.75 Å². The number of nitrogens with zero attached hydrogens (tertiary/aromatic N) is 1. The second-order valence-corrected chi connectivity index (χ2v) is 3.83. The third-order valence-corrected chi connectivity index (χ3v) is 2.92. The lowest BCUT2D eigenvalue weighted by Crippen LogP contribution is -1.72. The van der Waals surface area contributed by atoms with Crippen molar-refractivity contribution in [2.75, 3.05) is 5.75 Å². The molecule has 1 aromatic heterocycles. The van der Waals surface area contributed by atoms with Crippen LogP contribution in [0.15, 0.2) is 9.72 Å². The lowest BCUT2D eigenvalue weighted by molar-refractivity contribution is 1.16. The lowest BCUT2D eigenvalue weighted by atomic mass is 10.6. The highest BCUT2D eigenvalue weighted by Crippen LogP contribution is 2.21. The van der Waals surface area contributed by atoms with E-state index in [-0.39, 0.29) is 0 Å². The molecule has 1 aromatic rings. The van der Waals surface area contributed by atoms with Gasteiger partial charge in [-0.1, -0.05) is 17.7 Å². The van der Waals surface area contributed by atoms with Crippen LogP contribution >= 0.6 is 23.1 Å². The van der Waals surface area contributed by atoms with Gasteiger partial charge in [0.25, 0.3) is 0 Å². The first-order valence-corrected chi connectivity index (χ1v) is 4.68. The summed E-state index contributed by atoms with van der Waals surface area (Å²) in [7, 11) is 0. The van der Waals surface area contributed by atoms with Crippen molar-refractivity contribution >= 4 is 23.1 Å². The molecule has 0 fully saturated rings. The summed E-state index contributed by atoms with van der Waals surface area (Å²) in [6.07, 6.45) is 5.09. The third kappa shape index (κ3) is 2.05. The van der Waals surface area contributed by atoms with Crippen molar-refractivity contribution in [3.05, 3.63) is 11.1 Å². The number of thioether (sulfide) groups is 1. The number of hydrogen-bond acceptors (Lipinski definition) is 3. The van der Waals surface area contributed by atoms with E-state index >= 15 is 0 Å². The lowest BCUT2D eigenvalue weighted by Gasteiger charge is -1.85. The molecule has 0 spiro atoms. The summed E-state index contributed by atoms with van der Waals surface area (Å²) in [5, 5.41) is 2.03. The van der Waals surface area contributed by atoms with Crippen LogP contribution in [0, 0.1) is 19.3 Å². The van der Waals surface area contributed by atoms with Crippen molar-refractivity contribution in [1.29, 1.82) is 0 Å². The molecule has 0 aromatic carbocycles. The van der Waals surface area contributed by atoms with E-state index in [1.807, 2.05) is 12.3 Å². The zero-order valence-electron chi connectivity index (χ0n) is 5.63. The fourth-order valence-electron chi connectivity index (χ4n) is 0.502. The van der Waals surface area contributed by atoms with Crippen LogP contribution in [0.4, 0.5) is 0 Å². The van der Waals surface area contributed by atoms with Gasteiger partial charge in [0.15, 0.2) is 4.34 Å². The van der Waals surface area contributed by atoms with Gasteiger partial charge in [-0.15, -0.1) is 17.8 Å². The Morgan fingerprint density at radius 2 is 2.70 bits per heavy atom. The van der Waals surface area contributed by atoms with Crippen LogP contribution in [0.2, 0.25) is 0 Å². The molecular formula is C7H7NS2. The predicted molar refractivity (Wildman–Crippen MR) is 46.4 cm³/mol. The summed E-state index contributed by atoms with van der Waals surface area (Å²) in [4.78, 5) is 4.23. The number of terminal acetylenes is 1. The average molecular weight is 169 g/mol. The highest BCUT2D eigenvalue weighted by atomic mass is 32.2. The zero-order valence-corrected chi connectivity index (χ0v) is 7.26. The van der Waals surface area contributed by atoms with E-state index < -0.39 is 0 Å². The molecule has 1 nitrogen and oxygen atoms in total. The van der Waals surface area contributed by atoms with Crippen LogP contribution in [-0.2, 0) is 0 Å². The Kier molecular flexibility index (Phi) is 2.79. The Labute approximate surface area is 68.9 Å². The molecule has 10 heavy (non-hydrogen) atoms. The predicted octanol–water partition coefficient (Wildman–Crippen LogP) is 2.18. The maximum atomic E-state index is 5.09. The number of aryl methyl sites for hydroxylation is 1. The molecule has 0 amide bonds. The first kappa shape index (κ1) is 7.64. The Bertz CT molecular complexity index is 246. The summed E-state index contributed by atoms with van der Waals surface area (Å²) >= 11 is 3.26. The van der Waals surface area contributed by atoms with Gasteiger partial charge in [-0.3, -0.25) is 0 Å². The van der Waals surface area contributed by atoms with E-state index in [0.717, 1.165) is 10.0 Å². The summed E-state index contributed by atoms with van der Waals surface area (Å²) < 4.78 is 1.07. The summed E-state index contributed by atoms with van der Waals surface area (Å²) in [6.45, 7) is 1.98. The molecule has 0 N–H and O–H groups in total. The summed E-state index contributed by atoms with van der Waals surface area (Å²) in [5.41, 5.74) is 1.07. The second-order valence-electron chi connectivity index (χ2n) is 1.75. The van der Waals surface area contributed by atoms with Gasteiger partial charge in [0.1, 0.15) is 0 Å². The van der Waals surface area contributed by atoms with Crippen LogP contribution in [0.5, 0.6) is 0 Å². The molecule has 1 rings (SSSR count). The van der Waals surface area contributed by atoms with Crippen molar-refractivity contribution in [2.45, 2.75) is 11.3 Å². The van der Waals surface area contributed by atoms with E-state index in [2.05, 4.69) is 10.9 Å². The van der Waals surface area contributed by atoms with Gasteiger partial charge in [-0.2, -0.15) is 0 Å². The van der Waals surface area contributed by atoms with Gasteiger partial charge in [0.2, 0.25) is 0 Å². The normalized spacial score (nSPS) is 9.20. The fourth-order valence-corrected chi connectivity index (χ4v) is 2.03. The number of thiazole rings is 1. The van der Waals surface area contributed by atoms with Crippen molar-refractivity contribution in [2.24, 2.45) is 0 Å². The Morgan fingerprint density at radius 1 is 1.90 bits per heavy atom. The van der Waals surface area contributed by atoms with E-state index in [1.165, 1.54) is 0 Å². The highest BCUT2D eigenvalue weighted by molar-refractivity contribution is 8.01. The molecule has 0 aliphatic rings. The van der Waals surface area contributed by atoms with Crippen LogP contribution < -0.4 is 0 Å². The molecule has 1 heterocycles. The first-order valence-electron chi connectivity index (χ1n) is 2.81. The minimum absolute atomic E-state index is 0.715. The van der Waals surface area contributed by atoms with E-state index in [0.29, 0.717) is 5.75 Å². The van der Waals surface area contributed by atoms with Crippen molar-refractivity contribution < 1.29 is 0 Å². The van der Waals surface area contributed by atoms with Crippen LogP contribution in [0.3, 0.4) is 0 Å². The summed E-state index contributed by atoms with van der Waals surface area (Å²) in [6, 6.07) is 0. The van der Waals surface area contributed by atoms with Gasteiger partial charge < -0.3 is 0 Å². The van der Waals surface area contributed by atoms with Crippen molar-refractivity contribution in [1.82, 2.24) is 4.98 Å².